The van der Waals surface area contributed by atoms with E-state index in [1.54, 1.807) is 21.3 Å². The van der Waals surface area contributed by atoms with Gasteiger partial charge in [0, 0.05) is 23.8 Å². The summed E-state index contributed by atoms with van der Waals surface area (Å²) >= 11 is 0. The minimum absolute atomic E-state index is 0.0375. The summed E-state index contributed by atoms with van der Waals surface area (Å²) in [5.41, 5.74) is 2.13. The van der Waals surface area contributed by atoms with Crippen molar-refractivity contribution in [1.29, 1.82) is 0 Å². The van der Waals surface area contributed by atoms with Gasteiger partial charge in [-0.15, -0.1) is 0 Å². The molecule has 0 bridgehead atoms. The minimum Gasteiger partial charge on any atom is -0.492 e. The summed E-state index contributed by atoms with van der Waals surface area (Å²) in [6.45, 7) is 3.78. The first-order chi connectivity index (χ1) is 9.16. The molecule has 0 saturated carbocycles. The summed E-state index contributed by atoms with van der Waals surface area (Å²) in [6, 6.07) is 4.18. The highest BCUT2D eigenvalue weighted by Crippen LogP contribution is 2.43. The summed E-state index contributed by atoms with van der Waals surface area (Å²) in [4.78, 5) is 0. The van der Waals surface area contributed by atoms with Gasteiger partial charge in [-0.25, -0.2) is 0 Å². The molecule has 1 fully saturated rings. The highest BCUT2D eigenvalue weighted by atomic mass is 16.5. The van der Waals surface area contributed by atoms with Crippen LogP contribution in [0.1, 0.15) is 30.9 Å². The third-order valence-electron chi connectivity index (χ3n) is 3.86. The summed E-state index contributed by atoms with van der Waals surface area (Å²) in [7, 11) is 5.04. The summed E-state index contributed by atoms with van der Waals surface area (Å²) < 4.78 is 16.4. The second-order valence-electron chi connectivity index (χ2n) is 5.13. The van der Waals surface area contributed by atoms with E-state index in [-0.39, 0.29) is 5.54 Å². The summed E-state index contributed by atoms with van der Waals surface area (Å²) in [5, 5.41) is 3.56. The van der Waals surface area contributed by atoms with Crippen LogP contribution in [0.4, 0.5) is 0 Å². The Kier molecular flexibility index (Phi) is 4.32. The van der Waals surface area contributed by atoms with Crippen LogP contribution in [0.25, 0.3) is 0 Å². The molecular weight excluding hydrogens is 242 g/mol. The van der Waals surface area contributed by atoms with Crippen LogP contribution >= 0.6 is 0 Å². The zero-order chi connectivity index (χ0) is 13.9. The molecule has 0 aliphatic carbocycles. The first-order valence-corrected chi connectivity index (χ1v) is 6.64. The van der Waals surface area contributed by atoms with Gasteiger partial charge in [-0.05, 0) is 26.3 Å². The fourth-order valence-electron chi connectivity index (χ4n) is 2.86. The van der Waals surface area contributed by atoms with Gasteiger partial charge in [-0.2, -0.15) is 0 Å². The van der Waals surface area contributed by atoms with Gasteiger partial charge in [0.2, 0.25) is 0 Å². The van der Waals surface area contributed by atoms with Crippen molar-refractivity contribution in [1.82, 2.24) is 5.32 Å². The van der Waals surface area contributed by atoms with E-state index in [4.69, 9.17) is 14.2 Å². The molecule has 1 unspecified atom stereocenters. The molecule has 2 rings (SSSR count). The predicted octanol–water partition coefficient (Wildman–Crippen LogP) is 2.45. The third-order valence-corrected chi connectivity index (χ3v) is 3.86. The maximum absolute atomic E-state index is 5.61. The molecule has 106 valence electrons. The smallest absolute Gasteiger partial charge is 0.166 e. The fourth-order valence-corrected chi connectivity index (χ4v) is 2.86. The minimum atomic E-state index is -0.0375. The SMILES string of the molecule is COCc1ccc(C2(C)CCCN2)c(OC)c1OC. The second-order valence-corrected chi connectivity index (χ2v) is 5.13. The number of benzene rings is 1. The molecular formula is C15H23NO3. The van der Waals surface area contributed by atoms with Gasteiger partial charge in [0.1, 0.15) is 0 Å². The third kappa shape index (κ3) is 2.55. The lowest BCUT2D eigenvalue weighted by Crippen LogP contribution is -2.33. The van der Waals surface area contributed by atoms with E-state index in [9.17, 15) is 0 Å². The van der Waals surface area contributed by atoms with Crippen LogP contribution in [0.15, 0.2) is 12.1 Å². The van der Waals surface area contributed by atoms with Gasteiger partial charge in [-0.3, -0.25) is 0 Å². The van der Waals surface area contributed by atoms with Crippen molar-refractivity contribution in [3.8, 4) is 11.5 Å². The molecule has 0 radical (unpaired) electrons. The van der Waals surface area contributed by atoms with E-state index in [1.165, 1.54) is 6.42 Å². The Balaban J connectivity index is 2.50. The van der Waals surface area contributed by atoms with Crippen LogP contribution in [-0.4, -0.2) is 27.9 Å². The topological polar surface area (TPSA) is 39.7 Å². The normalized spacial score (nSPS) is 22.5. The van der Waals surface area contributed by atoms with Crippen LogP contribution in [0, 0.1) is 0 Å². The molecule has 4 nitrogen and oxygen atoms in total. The Morgan fingerprint density at radius 1 is 1.16 bits per heavy atom. The maximum atomic E-state index is 5.61. The average Bonchev–Trinajstić information content (AvgIpc) is 2.86. The van der Waals surface area contributed by atoms with Gasteiger partial charge in [0.05, 0.1) is 20.8 Å². The van der Waals surface area contributed by atoms with Gasteiger partial charge in [0.25, 0.3) is 0 Å². The standard InChI is InChI=1S/C15H23NO3/c1-15(8-5-9-16-15)12-7-6-11(10-17-2)13(18-3)14(12)19-4/h6-7,16H,5,8-10H2,1-4H3. The predicted molar refractivity (Wildman–Crippen MR) is 74.8 cm³/mol. The zero-order valence-electron chi connectivity index (χ0n) is 12.2. The monoisotopic (exact) mass is 265 g/mol. The van der Waals surface area contributed by atoms with Crippen LogP contribution in [0.3, 0.4) is 0 Å². The van der Waals surface area contributed by atoms with E-state index in [1.807, 2.05) is 0 Å². The van der Waals surface area contributed by atoms with Crippen molar-refractivity contribution in [3.05, 3.63) is 23.3 Å². The lowest BCUT2D eigenvalue weighted by molar-refractivity contribution is 0.180. The molecule has 4 heteroatoms. The van der Waals surface area contributed by atoms with E-state index in [0.29, 0.717) is 6.61 Å². The molecule has 1 aliphatic heterocycles. The lowest BCUT2D eigenvalue weighted by atomic mass is 9.88. The second kappa shape index (κ2) is 5.80. The molecule has 1 saturated heterocycles. The van der Waals surface area contributed by atoms with Crippen molar-refractivity contribution in [2.24, 2.45) is 0 Å². The van der Waals surface area contributed by atoms with Crippen LogP contribution < -0.4 is 14.8 Å². The molecule has 1 aliphatic rings. The largest absolute Gasteiger partial charge is 0.492 e. The average molecular weight is 265 g/mol. The Bertz CT molecular complexity index is 439. The summed E-state index contributed by atoms with van der Waals surface area (Å²) in [6.07, 6.45) is 2.29. The quantitative estimate of drug-likeness (QED) is 0.887. The Hall–Kier alpha value is -1.26. The van der Waals surface area contributed by atoms with Crippen molar-refractivity contribution < 1.29 is 14.2 Å². The number of hydrogen-bond donors (Lipinski definition) is 1. The maximum Gasteiger partial charge on any atom is 0.166 e. The molecule has 19 heavy (non-hydrogen) atoms. The Labute approximate surface area is 115 Å². The van der Waals surface area contributed by atoms with E-state index in [0.717, 1.165) is 35.6 Å². The van der Waals surface area contributed by atoms with Crippen LogP contribution in [0.5, 0.6) is 11.5 Å². The fraction of sp³-hybridized carbons (Fsp3) is 0.600. The van der Waals surface area contributed by atoms with Crippen LogP contribution in [-0.2, 0) is 16.9 Å². The number of rotatable bonds is 5. The number of nitrogens with one attached hydrogen (secondary N) is 1. The van der Waals surface area contributed by atoms with E-state index in [2.05, 4.69) is 24.4 Å². The van der Waals surface area contributed by atoms with Crippen molar-refractivity contribution in [3.63, 3.8) is 0 Å². The number of hydrogen-bond acceptors (Lipinski definition) is 4. The lowest BCUT2D eigenvalue weighted by Gasteiger charge is -2.28. The Morgan fingerprint density at radius 2 is 1.89 bits per heavy atom. The first kappa shape index (κ1) is 14.2. The van der Waals surface area contributed by atoms with E-state index >= 15 is 0 Å². The van der Waals surface area contributed by atoms with Crippen LogP contribution in [0.2, 0.25) is 0 Å². The van der Waals surface area contributed by atoms with Gasteiger partial charge in [0.15, 0.2) is 11.5 Å². The van der Waals surface area contributed by atoms with Gasteiger partial charge >= 0.3 is 0 Å². The van der Waals surface area contributed by atoms with Crippen molar-refractivity contribution in [2.75, 3.05) is 27.9 Å². The zero-order valence-corrected chi connectivity index (χ0v) is 12.2. The molecule has 0 aromatic heterocycles. The van der Waals surface area contributed by atoms with Gasteiger partial charge < -0.3 is 19.5 Å². The molecule has 0 spiro atoms. The van der Waals surface area contributed by atoms with Gasteiger partial charge in [-0.1, -0.05) is 12.1 Å². The highest BCUT2D eigenvalue weighted by Gasteiger charge is 2.34. The number of methoxy groups -OCH3 is 3. The van der Waals surface area contributed by atoms with Crippen molar-refractivity contribution in [2.45, 2.75) is 31.9 Å². The van der Waals surface area contributed by atoms with Crippen molar-refractivity contribution >= 4 is 0 Å². The molecule has 1 heterocycles. The molecule has 1 aromatic carbocycles. The van der Waals surface area contributed by atoms with E-state index < -0.39 is 0 Å². The summed E-state index contributed by atoms with van der Waals surface area (Å²) in [5.74, 6) is 1.59. The Morgan fingerprint density at radius 3 is 2.42 bits per heavy atom. The number of ether oxygens (including phenoxy) is 3. The molecule has 1 N–H and O–H groups in total. The highest BCUT2D eigenvalue weighted by molar-refractivity contribution is 5.54. The molecule has 0 amide bonds. The molecule has 1 aromatic rings. The molecule has 1 atom stereocenters. The first-order valence-electron chi connectivity index (χ1n) is 6.64.